The van der Waals surface area contributed by atoms with Gasteiger partial charge in [0.25, 0.3) is 5.91 Å². The molecule has 3 aliphatic rings. The molecule has 0 radical (unpaired) electrons. The topological polar surface area (TPSA) is 97.0 Å². The summed E-state index contributed by atoms with van der Waals surface area (Å²) < 4.78 is 10.6. The minimum absolute atomic E-state index is 0.176. The Morgan fingerprint density at radius 1 is 1.32 bits per heavy atom. The average molecular weight is 345 g/mol. The third-order valence-corrected chi connectivity index (χ3v) is 4.58. The van der Waals surface area contributed by atoms with Crippen LogP contribution in [0.1, 0.15) is 25.3 Å². The molecule has 1 aromatic carbocycles. The number of hydrogen-bond donors (Lipinski definition) is 2. The maximum Gasteiger partial charge on any atom is 0.325 e. The Morgan fingerprint density at radius 3 is 2.84 bits per heavy atom. The number of urea groups is 1. The average Bonchev–Trinajstić information content (AvgIpc) is 3.20. The van der Waals surface area contributed by atoms with Crippen LogP contribution < -0.4 is 20.1 Å². The second-order valence-corrected chi connectivity index (χ2v) is 6.86. The van der Waals surface area contributed by atoms with Crippen LogP contribution in [0.15, 0.2) is 18.2 Å². The van der Waals surface area contributed by atoms with Crippen LogP contribution in [-0.2, 0) is 16.0 Å². The van der Waals surface area contributed by atoms with E-state index in [-0.39, 0.29) is 25.3 Å². The van der Waals surface area contributed by atoms with Gasteiger partial charge in [0, 0.05) is 12.5 Å². The molecular formula is C17H19N3O5. The highest BCUT2D eigenvalue weighted by molar-refractivity contribution is 6.09. The number of hydrogen-bond acceptors (Lipinski definition) is 5. The number of rotatable bonds is 5. The number of fused-ring (bicyclic) bond motifs is 1. The molecule has 1 atom stereocenters. The first-order valence-electron chi connectivity index (χ1n) is 8.27. The Kier molecular flexibility index (Phi) is 3.55. The zero-order valence-corrected chi connectivity index (χ0v) is 13.8. The van der Waals surface area contributed by atoms with Crippen LogP contribution in [-0.4, -0.2) is 47.7 Å². The fourth-order valence-corrected chi connectivity index (χ4v) is 3.11. The first kappa shape index (κ1) is 15.7. The van der Waals surface area contributed by atoms with E-state index in [0.717, 1.165) is 23.3 Å². The first-order chi connectivity index (χ1) is 11.9. The Balaban J connectivity index is 1.46. The smallest absolute Gasteiger partial charge is 0.325 e. The van der Waals surface area contributed by atoms with Gasteiger partial charge in [-0.15, -0.1) is 0 Å². The van der Waals surface area contributed by atoms with Crippen molar-refractivity contribution in [3.8, 4) is 11.5 Å². The summed E-state index contributed by atoms with van der Waals surface area (Å²) in [4.78, 5) is 37.8. The number of ether oxygens (including phenoxy) is 2. The molecule has 132 valence electrons. The third kappa shape index (κ3) is 2.99. The van der Waals surface area contributed by atoms with Crippen molar-refractivity contribution in [2.24, 2.45) is 0 Å². The van der Waals surface area contributed by atoms with Gasteiger partial charge in [-0.05, 0) is 37.5 Å². The lowest BCUT2D eigenvalue weighted by atomic mass is 9.92. The van der Waals surface area contributed by atoms with E-state index < -0.39 is 17.5 Å². The van der Waals surface area contributed by atoms with E-state index in [0.29, 0.717) is 17.9 Å². The van der Waals surface area contributed by atoms with Gasteiger partial charge >= 0.3 is 6.03 Å². The summed E-state index contributed by atoms with van der Waals surface area (Å²) >= 11 is 0. The summed E-state index contributed by atoms with van der Waals surface area (Å²) in [5, 5.41) is 5.49. The third-order valence-electron chi connectivity index (χ3n) is 4.58. The zero-order chi connectivity index (χ0) is 17.6. The fourth-order valence-electron chi connectivity index (χ4n) is 3.11. The van der Waals surface area contributed by atoms with E-state index in [1.807, 2.05) is 6.07 Å². The van der Waals surface area contributed by atoms with E-state index in [1.54, 1.807) is 19.1 Å². The van der Waals surface area contributed by atoms with Gasteiger partial charge in [0.1, 0.15) is 12.1 Å². The molecule has 4 rings (SSSR count). The molecule has 25 heavy (non-hydrogen) atoms. The highest BCUT2D eigenvalue weighted by Gasteiger charge is 2.48. The molecule has 4 amide bonds. The van der Waals surface area contributed by atoms with Gasteiger partial charge in [0.15, 0.2) is 11.5 Å². The van der Waals surface area contributed by atoms with Crippen LogP contribution in [0.4, 0.5) is 4.79 Å². The summed E-state index contributed by atoms with van der Waals surface area (Å²) in [6.07, 6.45) is 2.20. The zero-order valence-electron chi connectivity index (χ0n) is 13.8. The van der Waals surface area contributed by atoms with Crippen molar-refractivity contribution in [2.75, 3.05) is 13.3 Å². The number of carbonyl (C=O) groups is 3. The van der Waals surface area contributed by atoms with Crippen molar-refractivity contribution in [3.63, 3.8) is 0 Å². The molecule has 1 aliphatic carbocycles. The first-order valence-corrected chi connectivity index (χ1v) is 8.27. The maximum atomic E-state index is 12.7. The largest absolute Gasteiger partial charge is 0.454 e. The highest BCUT2D eigenvalue weighted by Crippen LogP contribution is 2.34. The SMILES string of the molecule is C[C@@]1(Cc2ccc3c(c2)OCO3)NC(=O)N(CC(=O)NC2CC2)C1=O. The molecule has 0 spiro atoms. The molecule has 0 aromatic heterocycles. The van der Waals surface area contributed by atoms with Crippen molar-refractivity contribution in [3.05, 3.63) is 23.8 Å². The number of benzene rings is 1. The van der Waals surface area contributed by atoms with Crippen LogP contribution >= 0.6 is 0 Å². The molecule has 8 heteroatoms. The normalized spacial score (nSPS) is 24.4. The van der Waals surface area contributed by atoms with Crippen LogP contribution in [0.3, 0.4) is 0 Å². The van der Waals surface area contributed by atoms with Crippen LogP contribution in [0.2, 0.25) is 0 Å². The number of nitrogens with one attached hydrogen (secondary N) is 2. The Bertz CT molecular complexity index is 761. The molecule has 2 aliphatic heterocycles. The number of nitrogens with zero attached hydrogens (tertiary/aromatic N) is 1. The summed E-state index contributed by atoms with van der Waals surface area (Å²) in [6.45, 7) is 1.59. The van der Waals surface area contributed by atoms with Crippen molar-refractivity contribution < 1.29 is 23.9 Å². The van der Waals surface area contributed by atoms with Gasteiger partial charge in [-0.2, -0.15) is 0 Å². The lowest BCUT2D eigenvalue weighted by molar-refractivity contribution is -0.134. The molecule has 0 bridgehead atoms. The summed E-state index contributed by atoms with van der Waals surface area (Å²) in [5.41, 5.74) is -0.255. The maximum absolute atomic E-state index is 12.7. The number of amides is 4. The molecule has 8 nitrogen and oxygen atoms in total. The second-order valence-electron chi connectivity index (χ2n) is 6.86. The van der Waals surface area contributed by atoms with Gasteiger partial charge in [0.05, 0.1) is 0 Å². The van der Waals surface area contributed by atoms with Gasteiger partial charge < -0.3 is 20.1 Å². The molecule has 2 N–H and O–H groups in total. The highest BCUT2D eigenvalue weighted by atomic mass is 16.7. The summed E-state index contributed by atoms with van der Waals surface area (Å²) in [7, 11) is 0. The summed E-state index contributed by atoms with van der Waals surface area (Å²) in [5.74, 6) is 0.576. The van der Waals surface area contributed by atoms with Crippen molar-refractivity contribution in [2.45, 2.75) is 37.8 Å². The van der Waals surface area contributed by atoms with Crippen molar-refractivity contribution in [1.29, 1.82) is 0 Å². The molecule has 1 saturated carbocycles. The molecule has 2 fully saturated rings. The quantitative estimate of drug-likeness (QED) is 0.760. The lowest BCUT2D eigenvalue weighted by Crippen LogP contribution is -2.47. The fraction of sp³-hybridized carbons (Fsp3) is 0.471. The molecule has 1 saturated heterocycles. The predicted molar refractivity (Wildman–Crippen MR) is 86.1 cm³/mol. The van der Waals surface area contributed by atoms with Gasteiger partial charge in [-0.3, -0.25) is 14.5 Å². The minimum atomic E-state index is -1.09. The summed E-state index contributed by atoms with van der Waals surface area (Å²) in [6, 6.07) is 5.06. The second kappa shape index (κ2) is 5.65. The molecule has 2 heterocycles. The van der Waals surface area contributed by atoms with Crippen LogP contribution in [0, 0.1) is 0 Å². The van der Waals surface area contributed by atoms with E-state index in [1.165, 1.54) is 0 Å². The van der Waals surface area contributed by atoms with Crippen molar-refractivity contribution >= 4 is 17.8 Å². The van der Waals surface area contributed by atoms with Gasteiger partial charge in [0.2, 0.25) is 12.7 Å². The Morgan fingerprint density at radius 2 is 2.08 bits per heavy atom. The number of imide groups is 1. The van der Waals surface area contributed by atoms with E-state index in [4.69, 9.17) is 9.47 Å². The van der Waals surface area contributed by atoms with E-state index in [9.17, 15) is 14.4 Å². The predicted octanol–water partition coefficient (Wildman–Crippen LogP) is 0.547. The number of carbonyl (C=O) groups excluding carboxylic acids is 3. The standard InChI is InChI=1S/C17H19N3O5/c1-17(7-10-2-5-12-13(6-10)25-9-24-12)15(22)20(16(23)19-17)8-14(21)18-11-3-4-11/h2,5-6,11H,3-4,7-9H2,1H3,(H,18,21)(H,19,23)/t17-/m0/s1. The molecule has 0 unspecified atom stereocenters. The van der Waals surface area contributed by atoms with E-state index >= 15 is 0 Å². The minimum Gasteiger partial charge on any atom is -0.454 e. The molecular weight excluding hydrogens is 326 g/mol. The monoisotopic (exact) mass is 345 g/mol. The van der Waals surface area contributed by atoms with Crippen LogP contribution in [0.5, 0.6) is 11.5 Å². The Labute approximate surface area is 144 Å². The molecule has 1 aromatic rings. The van der Waals surface area contributed by atoms with E-state index in [2.05, 4.69) is 10.6 Å². The van der Waals surface area contributed by atoms with Crippen LogP contribution in [0.25, 0.3) is 0 Å². The van der Waals surface area contributed by atoms with Gasteiger partial charge in [-0.25, -0.2) is 4.79 Å². The van der Waals surface area contributed by atoms with Crippen molar-refractivity contribution in [1.82, 2.24) is 15.5 Å². The van der Waals surface area contributed by atoms with Gasteiger partial charge in [-0.1, -0.05) is 6.07 Å². The lowest BCUT2D eigenvalue weighted by Gasteiger charge is -2.21. The Hall–Kier alpha value is -2.77.